The quantitative estimate of drug-likeness (QED) is 0.211. The maximum atomic E-state index is 6.40. The molecule has 8 rings (SSSR count). The summed E-state index contributed by atoms with van der Waals surface area (Å²) in [7, 11) is 2.11. The summed E-state index contributed by atoms with van der Waals surface area (Å²) in [6.45, 7) is 2.87. The fourth-order valence-corrected chi connectivity index (χ4v) is 6.06. The van der Waals surface area contributed by atoms with E-state index >= 15 is 0 Å². The summed E-state index contributed by atoms with van der Waals surface area (Å²) in [6, 6.07) is 35.1. The van der Waals surface area contributed by atoms with E-state index in [1.807, 2.05) is 48.8 Å². The van der Waals surface area contributed by atoms with Gasteiger partial charge in [0, 0.05) is 59.8 Å². The van der Waals surface area contributed by atoms with E-state index in [0.717, 1.165) is 56.8 Å². The average molecular weight is 561 g/mol. The summed E-state index contributed by atoms with van der Waals surface area (Å²) in [4.78, 5) is 18.5. The van der Waals surface area contributed by atoms with Crippen molar-refractivity contribution >= 4 is 38.9 Å². The number of aryl methyl sites for hydroxylation is 1. The van der Waals surface area contributed by atoms with Gasteiger partial charge < -0.3 is 14.5 Å². The highest BCUT2D eigenvalue weighted by molar-refractivity contribution is 6.09. The second kappa shape index (κ2) is 9.99. The Hall–Kier alpha value is -5.69. The van der Waals surface area contributed by atoms with Crippen LogP contribution in [0.2, 0.25) is 0 Å². The molecule has 7 heteroatoms. The van der Waals surface area contributed by atoms with Crippen LogP contribution >= 0.6 is 0 Å². The first-order chi connectivity index (χ1) is 21.1. The van der Waals surface area contributed by atoms with Gasteiger partial charge in [-0.2, -0.15) is 0 Å². The van der Waals surface area contributed by atoms with Gasteiger partial charge in [-0.05, 0) is 67.1 Å². The molecule has 0 unspecified atom stereocenters. The van der Waals surface area contributed by atoms with Gasteiger partial charge in [0.25, 0.3) is 0 Å². The number of hydrogen-bond acceptors (Lipinski definition) is 6. The number of rotatable bonds is 5. The Morgan fingerprint density at radius 1 is 0.698 bits per heavy atom. The SMILES string of the molecule is Cc1cc(-n2c3ccccc3c3ccc(Oc4cc(N5CN(C)c6ccccc65)ccn4)cc32)ncc1-c1ccccn1. The van der Waals surface area contributed by atoms with Gasteiger partial charge in [0.1, 0.15) is 11.6 Å². The van der Waals surface area contributed by atoms with E-state index in [2.05, 4.69) is 105 Å². The zero-order valence-electron chi connectivity index (χ0n) is 23.8. The van der Waals surface area contributed by atoms with Crippen molar-refractivity contribution in [1.82, 2.24) is 19.5 Å². The van der Waals surface area contributed by atoms with Crippen molar-refractivity contribution in [2.45, 2.75) is 6.92 Å². The molecule has 43 heavy (non-hydrogen) atoms. The zero-order valence-corrected chi connectivity index (χ0v) is 23.8. The van der Waals surface area contributed by atoms with Crippen LogP contribution in [0.3, 0.4) is 0 Å². The molecule has 0 saturated carbocycles. The third-order valence-corrected chi connectivity index (χ3v) is 8.10. The van der Waals surface area contributed by atoms with Crippen molar-refractivity contribution in [2.24, 2.45) is 0 Å². The lowest BCUT2D eigenvalue weighted by Gasteiger charge is -2.20. The van der Waals surface area contributed by atoms with Crippen molar-refractivity contribution < 1.29 is 4.74 Å². The fourth-order valence-electron chi connectivity index (χ4n) is 6.06. The zero-order chi connectivity index (χ0) is 28.9. The summed E-state index contributed by atoms with van der Waals surface area (Å²) in [5.74, 6) is 2.10. The van der Waals surface area contributed by atoms with Gasteiger partial charge in [0.05, 0.1) is 34.8 Å². The van der Waals surface area contributed by atoms with E-state index in [0.29, 0.717) is 11.6 Å². The molecule has 0 aliphatic carbocycles. The van der Waals surface area contributed by atoms with Crippen molar-refractivity contribution in [3.63, 3.8) is 0 Å². The minimum Gasteiger partial charge on any atom is -0.439 e. The molecule has 0 atom stereocenters. The number of fused-ring (bicyclic) bond motifs is 4. The summed E-state index contributed by atoms with van der Waals surface area (Å²) >= 11 is 0. The molecule has 0 amide bonds. The Morgan fingerprint density at radius 2 is 1.51 bits per heavy atom. The first-order valence-corrected chi connectivity index (χ1v) is 14.3. The third-order valence-electron chi connectivity index (χ3n) is 8.10. The first kappa shape index (κ1) is 25.1. The Kier molecular flexibility index (Phi) is 5.82. The Labute approximate surface area is 249 Å². The Balaban J connectivity index is 1.19. The van der Waals surface area contributed by atoms with Crippen molar-refractivity contribution in [2.75, 3.05) is 23.5 Å². The molecule has 1 aliphatic heterocycles. The number of ether oxygens (including phenoxy) is 1. The van der Waals surface area contributed by atoms with E-state index < -0.39 is 0 Å². The molecule has 208 valence electrons. The minimum atomic E-state index is 0.542. The monoisotopic (exact) mass is 560 g/mol. The summed E-state index contributed by atoms with van der Waals surface area (Å²) in [6.07, 6.45) is 5.53. The molecule has 0 spiro atoms. The molecule has 3 aromatic carbocycles. The van der Waals surface area contributed by atoms with Crippen LogP contribution in [0.1, 0.15) is 5.56 Å². The maximum Gasteiger partial charge on any atom is 0.221 e. The number of nitrogens with zero attached hydrogens (tertiary/aromatic N) is 6. The predicted octanol–water partition coefficient (Wildman–Crippen LogP) is 8.28. The summed E-state index contributed by atoms with van der Waals surface area (Å²) in [5.41, 5.74) is 8.55. The van der Waals surface area contributed by atoms with Crippen LogP contribution in [-0.4, -0.2) is 33.2 Å². The van der Waals surface area contributed by atoms with Crippen LogP contribution in [0.25, 0.3) is 38.9 Å². The van der Waals surface area contributed by atoms with Gasteiger partial charge in [-0.3, -0.25) is 9.55 Å². The van der Waals surface area contributed by atoms with Crippen LogP contribution < -0.4 is 14.5 Å². The molecule has 0 saturated heterocycles. The number of benzene rings is 3. The lowest BCUT2D eigenvalue weighted by Crippen LogP contribution is -2.23. The molecule has 4 aromatic heterocycles. The van der Waals surface area contributed by atoms with Gasteiger partial charge in [0.15, 0.2) is 0 Å². The van der Waals surface area contributed by atoms with Crippen LogP contribution in [0.15, 0.2) is 122 Å². The van der Waals surface area contributed by atoms with Crippen LogP contribution in [0.4, 0.5) is 17.1 Å². The second-order valence-corrected chi connectivity index (χ2v) is 10.8. The van der Waals surface area contributed by atoms with Crippen LogP contribution in [0, 0.1) is 6.92 Å². The van der Waals surface area contributed by atoms with E-state index in [-0.39, 0.29) is 0 Å². The van der Waals surface area contributed by atoms with Crippen molar-refractivity contribution in [3.05, 3.63) is 127 Å². The molecule has 7 nitrogen and oxygen atoms in total. The van der Waals surface area contributed by atoms with Gasteiger partial charge >= 0.3 is 0 Å². The number of para-hydroxylation sites is 3. The first-order valence-electron chi connectivity index (χ1n) is 14.3. The van der Waals surface area contributed by atoms with Gasteiger partial charge in [-0.25, -0.2) is 9.97 Å². The summed E-state index contributed by atoms with van der Waals surface area (Å²) in [5, 5.41) is 2.30. The van der Waals surface area contributed by atoms with E-state index in [1.165, 1.54) is 11.4 Å². The van der Waals surface area contributed by atoms with Crippen molar-refractivity contribution in [1.29, 1.82) is 0 Å². The topological polar surface area (TPSA) is 59.3 Å². The molecule has 0 fully saturated rings. The normalized spacial score (nSPS) is 12.7. The number of hydrogen-bond donors (Lipinski definition) is 0. The number of aromatic nitrogens is 4. The highest BCUT2D eigenvalue weighted by atomic mass is 16.5. The molecule has 0 radical (unpaired) electrons. The minimum absolute atomic E-state index is 0.542. The molecule has 7 aromatic rings. The van der Waals surface area contributed by atoms with E-state index in [1.54, 1.807) is 6.20 Å². The average Bonchev–Trinajstić information content (AvgIpc) is 3.56. The van der Waals surface area contributed by atoms with Gasteiger partial charge in [-0.1, -0.05) is 36.4 Å². The molecule has 0 bridgehead atoms. The van der Waals surface area contributed by atoms with Gasteiger partial charge in [-0.15, -0.1) is 0 Å². The number of pyridine rings is 3. The van der Waals surface area contributed by atoms with Crippen LogP contribution in [0.5, 0.6) is 11.6 Å². The highest BCUT2D eigenvalue weighted by Crippen LogP contribution is 2.41. The summed E-state index contributed by atoms with van der Waals surface area (Å²) < 4.78 is 8.60. The maximum absolute atomic E-state index is 6.40. The molecule has 1 aliphatic rings. The standard InChI is InChI=1S/C36H28N6O/c1-24-19-35(39-22-29(24)30-10-7-8-17-37-30)42-31-11-4-3-9-27(31)28-15-14-26(21-34(28)42)43-36-20-25(16-18-38-36)41-23-40(2)32-12-5-6-13-33(32)41/h3-22H,23H2,1-2H3. The highest BCUT2D eigenvalue weighted by Gasteiger charge is 2.24. The van der Waals surface area contributed by atoms with E-state index in [4.69, 9.17) is 9.72 Å². The Bertz CT molecular complexity index is 2140. The van der Waals surface area contributed by atoms with Crippen molar-refractivity contribution in [3.8, 4) is 28.7 Å². The number of anilines is 3. The Morgan fingerprint density at radius 3 is 2.37 bits per heavy atom. The van der Waals surface area contributed by atoms with Gasteiger partial charge in [0.2, 0.25) is 5.88 Å². The fraction of sp³-hybridized carbons (Fsp3) is 0.0833. The lowest BCUT2D eigenvalue weighted by atomic mass is 10.1. The van der Waals surface area contributed by atoms with E-state index in [9.17, 15) is 0 Å². The third kappa shape index (κ3) is 4.25. The second-order valence-electron chi connectivity index (χ2n) is 10.8. The molecular weight excluding hydrogens is 532 g/mol. The predicted molar refractivity (Wildman–Crippen MR) is 173 cm³/mol. The molecular formula is C36H28N6O. The smallest absolute Gasteiger partial charge is 0.221 e. The largest absolute Gasteiger partial charge is 0.439 e. The molecule has 0 N–H and O–H groups in total. The lowest BCUT2D eigenvalue weighted by molar-refractivity contribution is 0.463. The van der Waals surface area contributed by atoms with Crippen LogP contribution in [-0.2, 0) is 0 Å². The molecule has 5 heterocycles.